The first-order valence-electron chi connectivity index (χ1n) is 16.4. The highest BCUT2D eigenvalue weighted by Gasteiger charge is 2.62. The summed E-state index contributed by atoms with van der Waals surface area (Å²) in [5.41, 5.74) is 0.161. The molecule has 12 heteroatoms. The Morgan fingerprint density at radius 2 is 1.74 bits per heavy atom. The zero-order valence-electron chi connectivity index (χ0n) is 26.3. The van der Waals surface area contributed by atoms with Crippen LogP contribution in [0.25, 0.3) is 22.3 Å². The van der Waals surface area contributed by atoms with Crippen LogP contribution in [0.15, 0.2) is 66.7 Å². The third-order valence-electron chi connectivity index (χ3n) is 9.88. The Hall–Kier alpha value is -4.32. The first-order valence-corrected chi connectivity index (χ1v) is 18.0. The van der Waals surface area contributed by atoms with Crippen molar-refractivity contribution in [3.63, 3.8) is 0 Å². The first kappa shape index (κ1) is 31.3. The molecule has 2 aromatic carbocycles. The number of nitrogens with one attached hydrogen (secondary N) is 2. The average molecular weight is 658 g/mol. The largest absolute Gasteiger partial charge is 0.474 e. The number of rotatable bonds is 6. The standard InChI is InChI=1S/C35H39N5O6S/c1-40-18-10-3-2-7-13-23-21-35(23,34(43)39-47(44,45)25-16-17-25)38-31(41)27-19-24(20-28(27)33(40)42)46-32-26-14-8-9-15-29(26)36-30(37-32)22-11-5-4-6-12-22/h4-9,11-15,23-25,27-28H,2-3,10,16-21H2,1H3,(H,38,41)(H,39,43)/b13-7-/t23-,24-,27-,28-,35-/m1/s1. The fourth-order valence-electron chi connectivity index (χ4n) is 6.90. The molecule has 0 saturated heterocycles. The number of carbonyl (C=O) groups is 3. The third-order valence-corrected chi connectivity index (χ3v) is 11.7. The second-order valence-corrected chi connectivity index (χ2v) is 15.3. The van der Waals surface area contributed by atoms with Crippen molar-refractivity contribution in [3.05, 3.63) is 66.7 Å². The number of para-hydroxylation sites is 1. The summed E-state index contributed by atoms with van der Waals surface area (Å²) < 4.78 is 34.2. The van der Waals surface area contributed by atoms with Gasteiger partial charge in [0, 0.05) is 25.1 Å². The van der Waals surface area contributed by atoms with Crippen molar-refractivity contribution >= 4 is 38.6 Å². The summed E-state index contributed by atoms with van der Waals surface area (Å²) >= 11 is 0. The van der Waals surface area contributed by atoms with Crippen LogP contribution >= 0.6 is 0 Å². The Labute approximate surface area is 274 Å². The van der Waals surface area contributed by atoms with Gasteiger partial charge in [0.05, 0.1) is 28.0 Å². The Morgan fingerprint density at radius 3 is 2.53 bits per heavy atom. The number of amides is 3. The maximum atomic E-state index is 14.1. The molecule has 1 aliphatic heterocycles. The van der Waals surface area contributed by atoms with Gasteiger partial charge in [-0.25, -0.2) is 13.4 Å². The van der Waals surface area contributed by atoms with Gasteiger partial charge < -0.3 is 15.0 Å². The first-order chi connectivity index (χ1) is 22.6. The van der Waals surface area contributed by atoms with Gasteiger partial charge in [-0.15, -0.1) is 0 Å². The number of sulfonamides is 1. The summed E-state index contributed by atoms with van der Waals surface area (Å²) in [6, 6.07) is 17.2. The predicted octanol–water partition coefficient (Wildman–Crippen LogP) is 3.75. The van der Waals surface area contributed by atoms with Crippen LogP contribution in [0.4, 0.5) is 0 Å². The van der Waals surface area contributed by atoms with E-state index >= 15 is 0 Å². The summed E-state index contributed by atoms with van der Waals surface area (Å²) in [5, 5.41) is 3.08. The smallest absolute Gasteiger partial charge is 0.259 e. The molecule has 47 heavy (non-hydrogen) atoms. The topological polar surface area (TPSA) is 148 Å². The average Bonchev–Trinajstić information content (AvgIpc) is 3.99. The van der Waals surface area contributed by atoms with E-state index in [9.17, 15) is 22.8 Å². The van der Waals surface area contributed by atoms with Crippen LogP contribution < -0.4 is 14.8 Å². The fourth-order valence-corrected chi connectivity index (χ4v) is 8.27. The lowest BCUT2D eigenvalue weighted by molar-refractivity contribution is -0.140. The molecule has 11 nitrogen and oxygen atoms in total. The monoisotopic (exact) mass is 657 g/mol. The fraction of sp³-hybridized carbons (Fsp3) is 0.457. The molecule has 3 aromatic rings. The van der Waals surface area contributed by atoms with E-state index in [0.29, 0.717) is 49.4 Å². The molecule has 2 N–H and O–H groups in total. The Balaban J connectivity index is 1.18. The summed E-state index contributed by atoms with van der Waals surface area (Å²) in [4.78, 5) is 52.7. The van der Waals surface area contributed by atoms with E-state index in [-0.39, 0.29) is 18.2 Å². The van der Waals surface area contributed by atoms with Crippen LogP contribution in [0.1, 0.15) is 51.4 Å². The molecule has 0 bridgehead atoms. The van der Waals surface area contributed by atoms with Crippen molar-refractivity contribution in [2.75, 3.05) is 13.6 Å². The highest BCUT2D eigenvalue weighted by Crippen LogP contribution is 2.47. The lowest BCUT2D eigenvalue weighted by Gasteiger charge is -2.26. The number of hydrogen-bond acceptors (Lipinski definition) is 8. The van der Waals surface area contributed by atoms with Gasteiger partial charge in [-0.3, -0.25) is 19.1 Å². The predicted molar refractivity (Wildman–Crippen MR) is 175 cm³/mol. The number of aromatic nitrogens is 2. The molecule has 4 aliphatic rings. The molecule has 2 heterocycles. The molecule has 3 amide bonds. The number of benzene rings is 2. The molecule has 246 valence electrons. The normalized spacial score (nSPS) is 28.8. The Bertz CT molecular complexity index is 1850. The van der Waals surface area contributed by atoms with E-state index in [1.807, 2.05) is 66.7 Å². The van der Waals surface area contributed by atoms with Gasteiger partial charge >= 0.3 is 0 Å². The van der Waals surface area contributed by atoms with Crippen LogP contribution in [-0.2, 0) is 24.4 Å². The lowest BCUT2D eigenvalue weighted by Crippen LogP contribution is -2.54. The van der Waals surface area contributed by atoms with E-state index in [2.05, 4.69) is 10.0 Å². The quantitative estimate of drug-likeness (QED) is 0.381. The summed E-state index contributed by atoms with van der Waals surface area (Å²) in [7, 11) is -2.06. The molecule has 0 radical (unpaired) electrons. The summed E-state index contributed by atoms with van der Waals surface area (Å²) in [6.45, 7) is 0.564. The number of ether oxygens (including phenoxy) is 1. The molecular weight excluding hydrogens is 618 g/mol. The minimum atomic E-state index is -3.81. The molecule has 1 aromatic heterocycles. The number of allylic oxidation sites excluding steroid dienone is 1. The van der Waals surface area contributed by atoms with Crippen LogP contribution in [-0.4, -0.2) is 71.5 Å². The van der Waals surface area contributed by atoms with Crippen molar-refractivity contribution in [3.8, 4) is 17.3 Å². The second kappa shape index (κ2) is 12.4. The lowest BCUT2D eigenvalue weighted by atomic mass is 9.93. The zero-order chi connectivity index (χ0) is 32.8. The van der Waals surface area contributed by atoms with Crippen LogP contribution in [0.2, 0.25) is 0 Å². The zero-order valence-corrected chi connectivity index (χ0v) is 27.1. The van der Waals surface area contributed by atoms with Crippen molar-refractivity contribution < 1.29 is 27.5 Å². The van der Waals surface area contributed by atoms with Crippen molar-refractivity contribution in [2.24, 2.45) is 17.8 Å². The van der Waals surface area contributed by atoms with Gasteiger partial charge in [-0.05, 0) is 63.5 Å². The number of hydrogen-bond donors (Lipinski definition) is 2. The minimum Gasteiger partial charge on any atom is -0.474 e. The molecule has 7 rings (SSSR count). The molecular formula is C35H39N5O6S. The van der Waals surface area contributed by atoms with E-state index in [1.54, 1.807) is 11.9 Å². The summed E-state index contributed by atoms with van der Waals surface area (Å²) in [6.07, 6.45) is 7.62. The van der Waals surface area contributed by atoms with Gasteiger partial charge in [0.2, 0.25) is 27.7 Å². The molecule has 0 spiro atoms. The highest BCUT2D eigenvalue weighted by molar-refractivity contribution is 7.91. The van der Waals surface area contributed by atoms with Crippen molar-refractivity contribution in [1.29, 1.82) is 0 Å². The van der Waals surface area contributed by atoms with Gasteiger partial charge in [0.1, 0.15) is 11.6 Å². The minimum absolute atomic E-state index is 0.150. The van der Waals surface area contributed by atoms with E-state index in [4.69, 9.17) is 14.7 Å². The molecule has 3 fully saturated rings. The summed E-state index contributed by atoms with van der Waals surface area (Å²) in [5.74, 6) is -2.24. The van der Waals surface area contributed by atoms with Gasteiger partial charge in [0.25, 0.3) is 5.91 Å². The molecule has 5 atom stereocenters. The molecule has 0 unspecified atom stereocenters. The Kier molecular flexibility index (Phi) is 8.23. The van der Waals surface area contributed by atoms with Gasteiger partial charge in [0.15, 0.2) is 5.82 Å². The highest BCUT2D eigenvalue weighted by atomic mass is 32.2. The number of nitrogens with zero attached hydrogens (tertiary/aromatic N) is 3. The number of fused-ring (bicyclic) bond motifs is 3. The SMILES string of the molecule is CN1CCCC/C=C\[C@@H]2C[C@@]2(C(=O)NS(=O)(=O)C2CC2)NC(=O)[C@@H]2C[C@@H](Oc3nc(-c4ccccc4)nc4ccccc34)C[C@H]2C1=O. The van der Waals surface area contributed by atoms with E-state index in [1.165, 1.54) is 0 Å². The van der Waals surface area contributed by atoms with Crippen molar-refractivity contribution in [1.82, 2.24) is 24.9 Å². The van der Waals surface area contributed by atoms with Crippen LogP contribution in [0.3, 0.4) is 0 Å². The second-order valence-electron chi connectivity index (χ2n) is 13.3. The molecule has 3 saturated carbocycles. The maximum absolute atomic E-state index is 14.1. The van der Waals surface area contributed by atoms with Crippen LogP contribution in [0, 0.1) is 17.8 Å². The van der Waals surface area contributed by atoms with E-state index < -0.39 is 50.6 Å². The van der Waals surface area contributed by atoms with Crippen molar-refractivity contribution in [2.45, 2.75) is 68.3 Å². The van der Waals surface area contributed by atoms with E-state index in [0.717, 1.165) is 30.2 Å². The van der Waals surface area contributed by atoms with Gasteiger partial charge in [-0.2, -0.15) is 4.98 Å². The number of carbonyl (C=O) groups excluding carboxylic acids is 3. The van der Waals surface area contributed by atoms with Gasteiger partial charge in [-0.1, -0.05) is 54.6 Å². The maximum Gasteiger partial charge on any atom is 0.259 e. The molecule has 3 aliphatic carbocycles. The third kappa shape index (κ3) is 6.35. The Morgan fingerprint density at radius 1 is 1.00 bits per heavy atom. The van der Waals surface area contributed by atoms with Crippen LogP contribution in [0.5, 0.6) is 5.88 Å².